The number of hydrogen-bond donors (Lipinski definition) is 2. The van der Waals surface area contributed by atoms with Crippen LogP contribution in [0.2, 0.25) is 0 Å². The van der Waals surface area contributed by atoms with Gasteiger partial charge in [-0.15, -0.1) is 0 Å². The Labute approximate surface area is 128 Å². The van der Waals surface area contributed by atoms with Gasteiger partial charge in [-0.25, -0.2) is 9.78 Å². The third-order valence-corrected chi connectivity index (χ3v) is 3.03. The van der Waals surface area contributed by atoms with E-state index in [1.54, 1.807) is 6.26 Å². The van der Waals surface area contributed by atoms with Crippen LogP contribution in [0.5, 0.6) is 0 Å². The Morgan fingerprint density at radius 2 is 1.68 bits per heavy atom. The summed E-state index contributed by atoms with van der Waals surface area (Å²) < 4.78 is 5.42. The van der Waals surface area contributed by atoms with Gasteiger partial charge in [-0.3, -0.25) is 0 Å². The van der Waals surface area contributed by atoms with Gasteiger partial charge >= 0.3 is 6.03 Å². The number of benzene rings is 2. The molecule has 0 saturated heterocycles. The minimum absolute atomic E-state index is 0.282. The van der Waals surface area contributed by atoms with Gasteiger partial charge in [0.1, 0.15) is 6.26 Å². The molecule has 0 unspecified atom stereocenters. The number of amides is 2. The number of hydrogen-bond acceptors (Lipinski definition) is 3. The molecule has 2 N–H and O–H groups in total. The minimum atomic E-state index is -0.282. The van der Waals surface area contributed by atoms with E-state index < -0.39 is 0 Å². The Hall–Kier alpha value is -3.08. The van der Waals surface area contributed by atoms with Crippen LogP contribution < -0.4 is 10.6 Å². The first kappa shape index (κ1) is 13.9. The second kappa shape index (κ2) is 6.58. The second-order valence-corrected chi connectivity index (χ2v) is 4.68. The predicted octanol–water partition coefficient (Wildman–Crippen LogP) is 3.66. The van der Waals surface area contributed by atoms with Crippen molar-refractivity contribution in [3.8, 4) is 11.5 Å². The summed E-state index contributed by atoms with van der Waals surface area (Å²) in [6, 6.07) is 18.6. The van der Waals surface area contributed by atoms with Crippen LogP contribution in [0.25, 0.3) is 11.5 Å². The Bertz CT molecular complexity index is 739. The van der Waals surface area contributed by atoms with Gasteiger partial charge < -0.3 is 15.1 Å². The van der Waals surface area contributed by atoms with Gasteiger partial charge in [-0.1, -0.05) is 36.4 Å². The van der Waals surface area contributed by atoms with Crippen LogP contribution in [0.4, 0.5) is 10.5 Å². The van der Waals surface area contributed by atoms with E-state index in [9.17, 15) is 4.79 Å². The molecule has 0 aliphatic rings. The van der Waals surface area contributed by atoms with E-state index in [-0.39, 0.29) is 6.03 Å². The number of nitrogens with zero attached hydrogens (tertiary/aromatic N) is 1. The molecule has 5 heteroatoms. The van der Waals surface area contributed by atoms with Crippen LogP contribution in [0.15, 0.2) is 71.3 Å². The predicted molar refractivity (Wildman–Crippen MR) is 84.2 cm³/mol. The topological polar surface area (TPSA) is 67.2 Å². The van der Waals surface area contributed by atoms with Crippen molar-refractivity contribution in [2.45, 2.75) is 6.54 Å². The number of urea groups is 1. The molecule has 110 valence electrons. The first-order chi connectivity index (χ1) is 10.8. The fourth-order valence-corrected chi connectivity index (χ4v) is 1.97. The van der Waals surface area contributed by atoms with E-state index in [1.807, 2.05) is 60.7 Å². The standard InChI is InChI=1S/C17H15N3O2/c21-17(20-14-9-5-2-6-10-14)18-11-15-12-22-16(19-15)13-7-3-1-4-8-13/h1-10,12H,11H2,(H2,18,20,21). The molecule has 0 spiro atoms. The maximum Gasteiger partial charge on any atom is 0.319 e. The van der Waals surface area contributed by atoms with Gasteiger partial charge in [0.05, 0.1) is 12.2 Å². The van der Waals surface area contributed by atoms with E-state index in [4.69, 9.17) is 4.42 Å². The fraction of sp³-hybridized carbons (Fsp3) is 0.0588. The van der Waals surface area contributed by atoms with E-state index >= 15 is 0 Å². The lowest BCUT2D eigenvalue weighted by molar-refractivity contribution is 0.251. The third-order valence-electron chi connectivity index (χ3n) is 3.03. The van der Waals surface area contributed by atoms with Gasteiger partial charge in [0.15, 0.2) is 0 Å². The first-order valence-corrected chi connectivity index (χ1v) is 6.91. The number of carbonyl (C=O) groups is 1. The smallest absolute Gasteiger partial charge is 0.319 e. The molecular weight excluding hydrogens is 278 g/mol. The van der Waals surface area contributed by atoms with Crippen molar-refractivity contribution in [2.75, 3.05) is 5.32 Å². The monoisotopic (exact) mass is 293 g/mol. The molecule has 0 fully saturated rings. The number of nitrogens with one attached hydrogen (secondary N) is 2. The summed E-state index contributed by atoms with van der Waals surface area (Å²) in [6.45, 7) is 0.301. The molecule has 3 rings (SSSR count). The number of oxazole rings is 1. The Morgan fingerprint density at radius 1 is 1.00 bits per heavy atom. The van der Waals surface area contributed by atoms with Gasteiger partial charge in [-0.05, 0) is 24.3 Å². The van der Waals surface area contributed by atoms with Crippen LogP contribution in [-0.4, -0.2) is 11.0 Å². The molecule has 0 saturated carbocycles. The van der Waals surface area contributed by atoms with Crippen molar-refractivity contribution in [1.82, 2.24) is 10.3 Å². The average Bonchev–Trinajstić information content (AvgIpc) is 3.04. The molecular formula is C17H15N3O2. The third kappa shape index (κ3) is 3.52. The largest absolute Gasteiger partial charge is 0.444 e. The van der Waals surface area contributed by atoms with Crippen molar-refractivity contribution >= 4 is 11.7 Å². The summed E-state index contributed by atoms with van der Waals surface area (Å²) in [5.74, 6) is 0.542. The lowest BCUT2D eigenvalue weighted by Crippen LogP contribution is -2.28. The van der Waals surface area contributed by atoms with Crippen LogP contribution >= 0.6 is 0 Å². The van der Waals surface area contributed by atoms with E-state index in [2.05, 4.69) is 15.6 Å². The zero-order valence-corrected chi connectivity index (χ0v) is 11.8. The van der Waals surface area contributed by atoms with Crippen LogP contribution in [0.1, 0.15) is 5.69 Å². The molecule has 0 aliphatic heterocycles. The maximum absolute atomic E-state index is 11.8. The van der Waals surface area contributed by atoms with E-state index in [0.717, 1.165) is 11.3 Å². The Kier molecular flexibility index (Phi) is 4.15. The molecule has 1 aromatic heterocycles. The summed E-state index contributed by atoms with van der Waals surface area (Å²) in [4.78, 5) is 16.1. The highest BCUT2D eigenvalue weighted by molar-refractivity contribution is 5.89. The highest BCUT2D eigenvalue weighted by atomic mass is 16.3. The normalized spacial score (nSPS) is 10.2. The first-order valence-electron chi connectivity index (χ1n) is 6.91. The Morgan fingerprint density at radius 3 is 2.41 bits per heavy atom. The minimum Gasteiger partial charge on any atom is -0.444 e. The molecule has 0 radical (unpaired) electrons. The van der Waals surface area contributed by atoms with Crippen molar-refractivity contribution < 1.29 is 9.21 Å². The molecule has 0 aliphatic carbocycles. The van der Waals surface area contributed by atoms with Crippen molar-refractivity contribution in [3.05, 3.63) is 72.6 Å². The zero-order valence-electron chi connectivity index (χ0n) is 11.8. The van der Waals surface area contributed by atoms with Crippen LogP contribution in [0, 0.1) is 0 Å². The molecule has 5 nitrogen and oxygen atoms in total. The highest BCUT2D eigenvalue weighted by Crippen LogP contribution is 2.17. The molecule has 0 atom stereocenters. The molecule has 22 heavy (non-hydrogen) atoms. The van der Waals surface area contributed by atoms with Crippen molar-refractivity contribution in [1.29, 1.82) is 0 Å². The maximum atomic E-state index is 11.8. The summed E-state index contributed by atoms with van der Waals surface area (Å²) in [5, 5.41) is 5.48. The van der Waals surface area contributed by atoms with Crippen LogP contribution in [0.3, 0.4) is 0 Å². The number of aromatic nitrogens is 1. The quantitative estimate of drug-likeness (QED) is 0.771. The molecule has 2 aromatic carbocycles. The average molecular weight is 293 g/mol. The number of rotatable bonds is 4. The van der Waals surface area contributed by atoms with E-state index in [1.165, 1.54) is 0 Å². The summed E-state index contributed by atoms with van der Waals surface area (Å²) >= 11 is 0. The number of carbonyl (C=O) groups excluding carboxylic acids is 1. The lowest BCUT2D eigenvalue weighted by atomic mass is 10.2. The van der Waals surface area contributed by atoms with Gasteiger partial charge in [0.2, 0.25) is 5.89 Å². The SMILES string of the molecule is O=C(NCc1coc(-c2ccccc2)n1)Nc1ccccc1. The van der Waals surface area contributed by atoms with Gasteiger partial charge in [-0.2, -0.15) is 0 Å². The van der Waals surface area contributed by atoms with Gasteiger partial charge in [0.25, 0.3) is 0 Å². The second-order valence-electron chi connectivity index (χ2n) is 4.68. The number of anilines is 1. The number of para-hydroxylation sites is 1. The van der Waals surface area contributed by atoms with Crippen molar-refractivity contribution in [2.24, 2.45) is 0 Å². The van der Waals surface area contributed by atoms with Crippen molar-refractivity contribution in [3.63, 3.8) is 0 Å². The van der Waals surface area contributed by atoms with E-state index in [0.29, 0.717) is 18.1 Å². The lowest BCUT2D eigenvalue weighted by Gasteiger charge is -2.05. The highest BCUT2D eigenvalue weighted by Gasteiger charge is 2.07. The fourth-order valence-electron chi connectivity index (χ4n) is 1.97. The van der Waals surface area contributed by atoms with Gasteiger partial charge in [0, 0.05) is 11.3 Å². The summed E-state index contributed by atoms with van der Waals surface area (Å²) in [5.41, 5.74) is 2.31. The molecule has 1 heterocycles. The van der Waals surface area contributed by atoms with Crippen LogP contribution in [-0.2, 0) is 6.54 Å². The molecule has 0 bridgehead atoms. The molecule has 2 amide bonds. The Balaban J connectivity index is 1.56. The molecule has 3 aromatic rings. The summed E-state index contributed by atoms with van der Waals surface area (Å²) in [7, 11) is 0. The summed E-state index contributed by atoms with van der Waals surface area (Å²) in [6.07, 6.45) is 1.55. The zero-order chi connectivity index (χ0) is 15.2.